The first-order chi connectivity index (χ1) is 6.73. The Morgan fingerprint density at radius 1 is 1.43 bits per heavy atom. The van der Waals surface area contributed by atoms with Crippen LogP contribution in [0.4, 0.5) is 0 Å². The molecule has 0 fully saturated rings. The second-order valence-corrected chi connectivity index (χ2v) is 3.31. The Morgan fingerprint density at radius 2 is 2.21 bits per heavy atom. The summed E-state index contributed by atoms with van der Waals surface area (Å²) in [7, 11) is 0. The Kier molecular flexibility index (Phi) is 2.14. The zero-order valence-corrected chi connectivity index (χ0v) is 7.81. The first-order valence-electron chi connectivity index (χ1n) is 4.54. The molecule has 0 saturated carbocycles. The van der Waals surface area contributed by atoms with Gasteiger partial charge in [-0.2, -0.15) is 0 Å². The number of fused-ring (bicyclic) bond motifs is 1. The highest BCUT2D eigenvalue weighted by Crippen LogP contribution is 2.30. The van der Waals surface area contributed by atoms with Crippen molar-refractivity contribution in [3.63, 3.8) is 0 Å². The first-order valence-corrected chi connectivity index (χ1v) is 4.54. The van der Waals surface area contributed by atoms with Crippen LogP contribution < -0.4 is 4.74 Å². The summed E-state index contributed by atoms with van der Waals surface area (Å²) >= 11 is 0. The number of ether oxygens (including phenoxy) is 1. The van der Waals surface area contributed by atoms with Crippen molar-refractivity contribution in [2.75, 3.05) is 0 Å². The third kappa shape index (κ3) is 1.56. The fraction of sp³-hybridized carbons (Fsp3) is 0.167. The van der Waals surface area contributed by atoms with Gasteiger partial charge in [0.25, 0.3) is 0 Å². The molecule has 2 rings (SSSR count). The van der Waals surface area contributed by atoms with E-state index in [2.05, 4.69) is 6.58 Å². The zero-order chi connectivity index (χ0) is 10.0. The number of rotatable bonds is 2. The maximum Gasteiger partial charge on any atom is 0.231 e. The van der Waals surface area contributed by atoms with Crippen molar-refractivity contribution in [2.45, 2.75) is 12.2 Å². The molecule has 0 radical (unpaired) electrons. The number of hydrogen-bond acceptors (Lipinski definition) is 2. The summed E-state index contributed by atoms with van der Waals surface area (Å²) in [6.07, 6.45) is 5.54. The molecule has 1 heterocycles. The van der Waals surface area contributed by atoms with E-state index in [9.17, 15) is 5.11 Å². The van der Waals surface area contributed by atoms with Gasteiger partial charge in [0.1, 0.15) is 5.75 Å². The molecule has 1 N–H and O–H groups in total. The zero-order valence-electron chi connectivity index (χ0n) is 7.81. The van der Waals surface area contributed by atoms with Gasteiger partial charge in [-0.05, 0) is 18.2 Å². The molecular weight excluding hydrogens is 176 g/mol. The molecule has 0 aliphatic carbocycles. The van der Waals surface area contributed by atoms with E-state index in [0.29, 0.717) is 12.2 Å². The van der Waals surface area contributed by atoms with Gasteiger partial charge in [-0.1, -0.05) is 24.3 Å². The maximum atomic E-state index is 9.94. The van der Waals surface area contributed by atoms with Crippen LogP contribution in [0.2, 0.25) is 0 Å². The fourth-order valence-electron chi connectivity index (χ4n) is 1.47. The van der Waals surface area contributed by atoms with Crippen molar-refractivity contribution >= 4 is 6.08 Å². The minimum absolute atomic E-state index is 0.387. The van der Waals surface area contributed by atoms with E-state index in [1.165, 1.54) is 0 Å². The topological polar surface area (TPSA) is 29.5 Å². The van der Waals surface area contributed by atoms with Crippen LogP contribution >= 0.6 is 0 Å². The van der Waals surface area contributed by atoms with Crippen molar-refractivity contribution in [1.29, 1.82) is 0 Å². The molecule has 0 bridgehead atoms. The van der Waals surface area contributed by atoms with Gasteiger partial charge in [0.15, 0.2) is 0 Å². The Labute approximate surface area is 83.1 Å². The smallest absolute Gasteiger partial charge is 0.231 e. The van der Waals surface area contributed by atoms with E-state index in [-0.39, 0.29) is 0 Å². The molecule has 1 aromatic rings. The van der Waals surface area contributed by atoms with Crippen LogP contribution in [0.3, 0.4) is 0 Å². The molecular formula is C12H12O2. The van der Waals surface area contributed by atoms with Gasteiger partial charge in [-0.25, -0.2) is 0 Å². The molecule has 1 aliphatic rings. The Morgan fingerprint density at radius 3 is 3.00 bits per heavy atom. The highest BCUT2D eigenvalue weighted by Gasteiger charge is 2.27. The average molecular weight is 188 g/mol. The van der Waals surface area contributed by atoms with Crippen molar-refractivity contribution in [1.82, 2.24) is 0 Å². The monoisotopic (exact) mass is 188 g/mol. The third-order valence-electron chi connectivity index (χ3n) is 2.17. The van der Waals surface area contributed by atoms with E-state index in [1.807, 2.05) is 30.3 Å². The van der Waals surface area contributed by atoms with Crippen LogP contribution in [0.1, 0.15) is 12.0 Å². The molecule has 0 aromatic heterocycles. The minimum Gasteiger partial charge on any atom is -0.458 e. The second-order valence-electron chi connectivity index (χ2n) is 3.31. The van der Waals surface area contributed by atoms with Crippen molar-refractivity contribution in [3.05, 3.63) is 48.6 Å². The van der Waals surface area contributed by atoms with Crippen molar-refractivity contribution < 1.29 is 9.84 Å². The predicted octanol–water partition coefficient (Wildman–Crippen LogP) is 2.36. The molecule has 0 amide bonds. The summed E-state index contributed by atoms with van der Waals surface area (Å²) in [6.45, 7) is 3.58. The standard InChI is InChI=1S/C12H12O2/c1-2-8-12(13)9-7-10-5-3-4-6-11(10)14-12/h2-7,9,13H,1,8H2. The normalized spacial score (nSPS) is 23.8. The second kappa shape index (κ2) is 3.31. The van der Waals surface area contributed by atoms with Crippen LogP contribution in [-0.2, 0) is 0 Å². The van der Waals surface area contributed by atoms with Crippen LogP contribution in [0.15, 0.2) is 43.0 Å². The lowest BCUT2D eigenvalue weighted by atomic mass is 10.1. The highest BCUT2D eigenvalue weighted by molar-refractivity contribution is 5.60. The molecule has 0 saturated heterocycles. The lowest BCUT2D eigenvalue weighted by Gasteiger charge is -2.28. The number of hydrogen-bond donors (Lipinski definition) is 1. The summed E-state index contributed by atoms with van der Waals surface area (Å²) in [4.78, 5) is 0. The van der Waals surface area contributed by atoms with Crippen LogP contribution in [0, 0.1) is 0 Å². The lowest BCUT2D eigenvalue weighted by Crippen LogP contribution is -2.34. The van der Waals surface area contributed by atoms with Crippen molar-refractivity contribution in [2.24, 2.45) is 0 Å². The Balaban J connectivity index is 2.33. The first kappa shape index (κ1) is 9.03. The molecule has 72 valence electrons. The molecule has 1 aromatic carbocycles. The number of para-hydroxylation sites is 1. The summed E-state index contributed by atoms with van der Waals surface area (Å²) in [5, 5.41) is 9.94. The van der Waals surface area contributed by atoms with Crippen LogP contribution in [0.25, 0.3) is 6.08 Å². The van der Waals surface area contributed by atoms with E-state index >= 15 is 0 Å². The molecule has 14 heavy (non-hydrogen) atoms. The quantitative estimate of drug-likeness (QED) is 0.722. The lowest BCUT2D eigenvalue weighted by molar-refractivity contribution is -0.0923. The van der Waals surface area contributed by atoms with E-state index in [1.54, 1.807) is 12.2 Å². The summed E-state index contributed by atoms with van der Waals surface area (Å²) < 4.78 is 5.46. The Hall–Kier alpha value is -1.54. The molecule has 2 nitrogen and oxygen atoms in total. The van der Waals surface area contributed by atoms with E-state index in [4.69, 9.17) is 4.74 Å². The number of aliphatic hydroxyl groups is 1. The molecule has 1 atom stereocenters. The van der Waals surface area contributed by atoms with Gasteiger partial charge < -0.3 is 9.84 Å². The minimum atomic E-state index is -1.23. The van der Waals surface area contributed by atoms with Gasteiger partial charge in [-0.15, -0.1) is 6.58 Å². The van der Waals surface area contributed by atoms with Crippen molar-refractivity contribution in [3.8, 4) is 5.75 Å². The summed E-state index contributed by atoms with van der Waals surface area (Å²) in [6, 6.07) is 7.60. The predicted molar refractivity (Wildman–Crippen MR) is 55.9 cm³/mol. The molecule has 1 unspecified atom stereocenters. The van der Waals surface area contributed by atoms with E-state index in [0.717, 1.165) is 5.56 Å². The Bertz CT molecular complexity index is 382. The van der Waals surface area contributed by atoms with Crippen LogP contribution in [0.5, 0.6) is 5.75 Å². The van der Waals surface area contributed by atoms with E-state index < -0.39 is 5.79 Å². The third-order valence-corrected chi connectivity index (χ3v) is 2.17. The molecule has 2 heteroatoms. The highest BCUT2D eigenvalue weighted by atomic mass is 16.6. The maximum absolute atomic E-state index is 9.94. The largest absolute Gasteiger partial charge is 0.458 e. The van der Waals surface area contributed by atoms with Gasteiger partial charge in [-0.3, -0.25) is 0 Å². The summed E-state index contributed by atoms with van der Waals surface area (Å²) in [5.41, 5.74) is 0.987. The molecule has 0 spiro atoms. The SMILES string of the molecule is C=CCC1(O)C=Cc2ccccc2O1. The van der Waals surface area contributed by atoms with Crippen LogP contribution in [-0.4, -0.2) is 10.9 Å². The van der Waals surface area contributed by atoms with Gasteiger partial charge in [0.05, 0.1) is 0 Å². The average Bonchev–Trinajstić information content (AvgIpc) is 2.17. The van der Waals surface area contributed by atoms with Gasteiger partial charge in [0, 0.05) is 12.0 Å². The number of benzene rings is 1. The van der Waals surface area contributed by atoms with Gasteiger partial charge in [0.2, 0.25) is 5.79 Å². The van der Waals surface area contributed by atoms with Gasteiger partial charge >= 0.3 is 0 Å². The summed E-state index contributed by atoms with van der Waals surface area (Å²) in [5.74, 6) is -0.518. The molecule has 1 aliphatic heterocycles. The fourth-order valence-corrected chi connectivity index (χ4v) is 1.47.